The second kappa shape index (κ2) is 6.84. The molecule has 1 aliphatic rings. The monoisotopic (exact) mass is 311 g/mol. The number of amides is 1. The minimum Gasteiger partial charge on any atom is -0.445 e. The maximum atomic E-state index is 11.8. The highest BCUT2D eigenvalue weighted by atomic mass is 16.5. The molecule has 23 heavy (non-hydrogen) atoms. The summed E-state index contributed by atoms with van der Waals surface area (Å²) >= 11 is 0. The van der Waals surface area contributed by atoms with Crippen molar-refractivity contribution in [2.45, 2.75) is 18.9 Å². The van der Waals surface area contributed by atoms with Gasteiger partial charge in [-0.25, -0.2) is 4.79 Å². The smallest absolute Gasteiger partial charge is 0.407 e. The lowest BCUT2D eigenvalue weighted by Gasteiger charge is -2.15. The fourth-order valence-electron chi connectivity index (χ4n) is 2.95. The number of carbonyl (C=O) groups is 1. The minimum atomic E-state index is -0.444. The standard InChI is InChI=1S/C19H21NO3/c21-14-19(11-17(19)16-9-5-2-6-10-16)13-20-18(22)23-12-15-7-3-1-4-8-15/h1-10,17,21H,11-14H2,(H,20,22)/t17-,19+/m1/s1. The van der Waals surface area contributed by atoms with Crippen LogP contribution in [-0.4, -0.2) is 24.4 Å². The molecule has 0 aliphatic heterocycles. The topological polar surface area (TPSA) is 58.6 Å². The summed E-state index contributed by atoms with van der Waals surface area (Å²) in [6, 6.07) is 19.7. The Morgan fingerprint density at radius 3 is 2.43 bits per heavy atom. The van der Waals surface area contributed by atoms with Crippen LogP contribution in [0, 0.1) is 5.41 Å². The van der Waals surface area contributed by atoms with Gasteiger partial charge in [0.05, 0.1) is 6.61 Å². The third-order valence-electron chi connectivity index (χ3n) is 4.50. The number of aliphatic hydroxyl groups is 1. The number of hydrogen-bond donors (Lipinski definition) is 2. The molecule has 4 nitrogen and oxygen atoms in total. The Labute approximate surface area is 136 Å². The molecule has 120 valence electrons. The first-order chi connectivity index (χ1) is 11.2. The highest BCUT2D eigenvalue weighted by Crippen LogP contribution is 2.58. The van der Waals surface area contributed by atoms with Crippen LogP contribution in [0.2, 0.25) is 0 Å². The summed E-state index contributed by atoms with van der Waals surface area (Å²) in [6.07, 6.45) is 0.437. The van der Waals surface area contributed by atoms with Gasteiger partial charge in [0.25, 0.3) is 0 Å². The fourth-order valence-corrected chi connectivity index (χ4v) is 2.95. The molecule has 1 aliphatic carbocycles. The van der Waals surface area contributed by atoms with E-state index in [9.17, 15) is 9.90 Å². The SMILES string of the molecule is O=C(NC[C@]1(CO)C[C@@H]1c1ccccc1)OCc1ccccc1. The van der Waals surface area contributed by atoms with Crippen molar-refractivity contribution in [2.24, 2.45) is 5.41 Å². The van der Waals surface area contributed by atoms with Crippen molar-refractivity contribution in [1.29, 1.82) is 0 Å². The Hall–Kier alpha value is -2.33. The van der Waals surface area contributed by atoms with Crippen LogP contribution in [0.25, 0.3) is 0 Å². The normalized spacial score (nSPS) is 22.4. The molecule has 1 saturated carbocycles. The van der Waals surface area contributed by atoms with Crippen molar-refractivity contribution in [1.82, 2.24) is 5.32 Å². The average molecular weight is 311 g/mol. The number of aliphatic hydroxyl groups excluding tert-OH is 1. The van der Waals surface area contributed by atoms with E-state index in [1.54, 1.807) is 0 Å². The Morgan fingerprint density at radius 1 is 1.13 bits per heavy atom. The van der Waals surface area contributed by atoms with Gasteiger partial charge >= 0.3 is 6.09 Å². The molecule has 1 amide bonds. The molecule has 2 aromatic carbocycles. The van der Waals surface area contributed by atoms with Gasteiger partial charge < -0.3 is 15.2 Å². The van der Waals surface area contributed by atoms with E-state index in [1.807, 2.05) is 48.5 Å². The summed E-state index contributed by atoms with van der Waals surface area (Å²) in [5.74, 6) is 0.295. The van der Waals surface area contributed by atoms with E-state index in [1.165, 1.54) is 5.56 Å². The van der Waals surface area contributed by atoms with Crippen LogP contribution < -0.4 is 5.32 Å². The minimum absolute atomic E-state index is 0.0610. The van der Waals surface area contributed by atoms with E-state index < -0.39 is 6.09 Å². The zero-order chi connectivity index (χ0) is 16.1. The molecule has 0 radical (unpaired) electrons. The van der Waals surface area contributed by atoms with Crippen molar-refractivity contribution in [3.8, 4) is 0 Å². The van der Waals surface area contributed by atoms with E-state index in [-0.39, 0.29) is 18.6 Å². The van der Waals surface area contributed by atoms with E-state index in [2.05, 4.69) is 17.4 Å². The summed E-state index contributed by atoms with van der Waals surface area (Å²) in [5, 5.41) is 12.5. The molecule has 0 bridgehead atoms. The highest BCUT2D eigenvalue weighted by molar-refractivity contribution is 5.67. The third kappa shape index (κ3) is 3.71. The number of hydrogen-bond acceptors (Lipinski definition) is 3. The van der Waals surface area contributed by atoms with E-state index in [0.717, 1.165) is 12.0 Å². The van der Waals surface area contributed by atoms with E-state index in [4.69, 9.17) is 4.74 Å². The highest BCUT2D eigenvalue weighted by Gasteiger charge is 2.54. The van der Waals surface area contributed by atoms with Crippen LogP contribution in [0.1, 0.15) is 23.5 Å². The number of benzene rings is 2. The van der Waals surface area contributed by atoms with Crippen LogP contribution >= 0.6 is 0 Å². The molecule has 0 unspecified atom stereocenters. The van der Waals surface area contributed by atoms with Crippen LogP contribution in [-0.2, 0) is 11.3 Å². The molecule has 0 heterocycles. The Morgan fingerprint density at radius 2 is 1.78 bits per heavy atom. The largest absolute Gasteiger partial charge is 0.445 e. The van der Waals surface area contributed by atoms with Crippen LogP contribution in [0.5, 0.6) is 0 Å². The molecule has 1 fully saturated rings. The summed E-state index contributed by atoms with van der Waals surface area (Å²) in [7, 11) is 0. The van der Waals surface area contributed by atoms with Gasteiger partial charge in [0.1, 0.15) is 6.61 Å². The molecule has 0 spiro atoms. The summed E-state index contributed by atoms with van der Waals surface area (Å²) in [4.78, 5) is 11.8. The first-order valence-corrected chi connectivity index (χ1v) is 7.84. The van der Waals surface area contributed by atoms with Crippen molar-refractivity contribution >= 4 is 6.09 Å². The maximum Gasteiger partial charge on any atom is 0.407 e. The van der Waals surface area contributed by atoms with Crippen molar-refractivity contribution in [3.63, 3.8) is 0 Å². The number of alkyl carbamates (subject to hydrolysis) is 1. The molecule has 0 saturated heterocycles. The Bertz CT molecular complexity index is 644. The van der Waals surface area contributed by atoms with Gasteiger partial charge in [0.15, 0.2) is 0 Å². The molecule has 4 heteroatoms. The van der Waals surface area contributed by atoms with Gasteiger partial charge in [-0.1, -0.05) is 60.7 Å². The predicted octanol–water partition coefficient (Wildman–Crippen LogP) is 3.08. The molecule has 2 atom stereocenters. The second-order valence-corrected chi connectivity index (χ2v) is 6.10. The van der Waals surface area contributed by atoms with Crippen LogP contribution in [0.3, 0.4) is 0 Å². The van der Waals surface area contributed by atoms with Gasteiger partial charge in [-0.15, -0.1) is 0 Å². The van der Waals surface area contributed by atoms with Crippen molar-refractivity contribution in [2.75, 3.05) is 13.2 Å². The van der Waals surface area contributed by atoms with Gasteiger partial charge in [-0.3, -0.25) is 0 Å². The second-order valence-electron chi connectivity index (χ2n) is 6.10. The molecule has 2 aromatic rings. The number of carbonyl (C=O) groups excluding carboxylic acids is 1. The lowest BCUT2D eigenvalue weighted by Crippen LogP contribution is -2.33. The number of nitrogens with one attached hydrogen (secondary N) is 1. The molecule has 0 aromatic heterocycles. The van der Waals surface area contributed by atoms with E-state index >= 15 is 0 Å². The average Bonchev–Trinajstić information content (AvgIpc) is 3.35. The first-order valence-electron chi connectivity index (χ1n) is 7.84. The predicted molar refractivity (Wildman–Crippen MR) is 87.9 cm³/mol. The zero-order valence-corrected chi connectivity index (χ0v) is 12.9. The van der Waals surface area contributed by atoms with Gasteiger partial charge in [-0.2, -0.15) is 0 Å². The summed E-state index contributed by atoms with van der Waals surface area (Å²) < 4.78 is 5.21. The Kier molecular flexibility index (Phi) is 4.63. The Balaban J connectivity index is 1.48. The fraction of sp³-hybridized carbons (Fsp3) is 0.316. The van der Waals surface area contributed by atoms with Gasteiger partial charge in [0, 0.05) is 12.0 Å². The van der Waals surface area contributed by atoms with Gasteiger partial charge in [0.2, 0.25) is 0 Å². The number of ether oxygens (including phenoxy) is 1. The molecular formula is C19H21NO3. The lowest BCUT2D eigenvalue weighted by molar-refractivity contribution is 0.133. The van der Waals surface area contributed by atoms with Crippen LogP contribution in [0.15, 0.2) is 60.7 Å². The maximum absolute atomic E-state index is 11.8. The molecule has 3 rings (SSSR count). The summed E-state index contributed by atoms with van der Waals surface area (Å²) in [6.45, 7) is 0.739. The van der Waals surface area contributed by atoms with Crippen molar-refractivity contribution < 1.29 is 14.6 Å². The van der Waals surface area contributed by atoms with Gasteiger partial charge in [-0.05, 0) is 23.5 Å². The first kappa shape index (κ1) is 15.6. The molecule has 2 N–H and O–H groups in total. The van der Waals surface area contributed by atoms with E-state index in [0.29, 0.717) is 12.5 Å². The lowest BCUT2D eigenvalue weighted by atomic mass is 10.00. The van der Waals surface area contributed by atoms with Crippen LogP contribution in [0.4, 0.5) is 4.79 Å². The number of rotatable bonds is 6. The molecular weight excluding hydrogens is 290 g/mol. The summed E-state index contributed by atoms with van der Waals surface area (Å²) in [5.41, 5.74) is 1.90. The zero-order valence-electron chi connectivity index (χ0n) is 12.9. The van der Waals surface area contributed by atoms with Crippen molar-refractivity contribution in [3.05, 3.63) is 71.8 Å². The third-order valence-corrected chi connectivity index (χ3v) is 4.50. The quantitative estimate of drug-likeness (QED) is 0.862.